The smallest absolute Gasteiger partial charge is 0.255 e. The highest BCUT2D eigenvalue weighted by molar-refractivity contribution is 5.97. The van der Waals surface area contributed by atoms with Gasteiger partial charge in [0.2, 0.25) is 0 Å². The molecule has 8 heteroatoms. The zero-order valence-electron chi connectivity index (χ0n) is 15.3. The van der Waals surface area contributed by atoms with Crippen LogP contribution in [0.2, 0.25) is 0 Å². The summed E-state index contributed by atoms with van der Waals surface area (Å²) < 4.78 is 14.7. The minimum Gasteiger partial charge on any atom is -0.334 e. The van der Waals surface area contributed by atoms with Crippen LogP contribution in [0.5, 0.6) is 0 Å². The predicted octanol–water partition coefficient (Wildman–Crippen LogP) is 2.45. The summed E-state index contributed by atoms with van der Waals surface area (Å²) in [5.74, 6) is -0.458. The molecule has 0 fully saturated rings. The molecule has 0 unspecified atom stereocenters. The molecule has 1 amide bonds. The minimum atomic E-state index is -0.361. The summed E-state index contributed by atoms with van der Waals surface area (Å²) in [6.07, 6.45) is 2.35. The second kappa shape index (κ2) is 6.66. The number of nitrogens with zero attached hydrogens (tertiary/aromatic N) is 4. The first-order valence-electron chi connectivity index (χ1n) is 9.19. The molecule has 1 N–H and O–H groups in total. The summed E-state index contributed by atoms with van der Waals surface area (Å²) in [7, 11) is 0. The number of carbonyl (C=O) groups excluding carboxylic acids is 1. The molecule has 0 saturated carbocycles. The molecule has 0 atom stereocenters. The van der Waals surface area contributed by atoms with Crippen LogP contribution in [-0.2, 0) is 13.0 Å². The molecule has 4 aromatic rings. The summed E-state index contributed by atoms with van der Waals surface area (Å²) in [4.78, 5) is 27.2. The molecule has 2 aromatic carbocycles. The van der Waals surface area contributed by atoms with Gasteiger partial charge >= 0.3 is 0 Å². The van der Waals surface area contributed by atoms with Gasteiger partial charge in [-0.15, -0.1) is 0 Å². The fourth-order valence-electron chi connectivity index (χ4n) is 3.66. The minimum absolute atomic E-state index is 0.0971. The molecule has 3 heterocycles. The fourth-order valence-corrected chi connectivity index (χ4v) is 3.66. The number of hydrogen-bond donors (Lipinski definition) is 1. The number of rotatable bonds is 2. The maximum atomic E-state index is 13.2. The van der Waals surface area contributed by atoms with Crippen molar-refractivity contribution < 1.29 is 9.18 Å². The lowest BCUT2D eigenvalue weighted by Gasteiger charge is -2.29. The van der Waals surface area contributed by atoms with E-state index in [1.165, 1.54) is 16.7 Å². The summed E-state index contributed by atoms with van der Waals surface area (Å²) in [5, 5.41) is 10.6. The highest BCUT2D eigenvalue weighted by atomic mass is 19.1. The van der Waals surface area contributed by atoms with Crippen LogP contribution in [-0.4, -0.2) is 37.3 Å². The van der Waals surface area contributed by atoms with Gasteiger partial charge in [0.25, 0.3) is 11.5 Å². The van der Waals surface area contributed by atoms with Crippen molar-refractivity contribution in [2.75, 3.05) is 6.54 Å². The van der Waals surface area contributed by atoms with E-state index in [1.54, 1.807) is 47.5 Å². The normalized spacial score (nSPS) is 13.5. The Hall–Kier alpha value is -3.81. The average molecular weight is 389 g/mol. The molecule has 0 saturated heterocycles. The molecule has 7 nitrogen and oxygen atoms in total. The van der Waals surface area contributed by atoms with Crippen molar-refractivity contribution in [1.82, 2.24) is 24.9 Å². The van der Waals surface area contributed by atoms with Gasteiger partial charge in [0.1, 0.15) is 16.9 Å². The molecule has 29 heavy (non-hydrogen) atoms. The molecule has 1 aliphatic rings. The summed E-state index contributed by atoms with van der Waals surface area (Å²) in [6.45, 7) is 0.926. The van der Waals surface area contributed by atoms with Gasteiger partial charge in [-0.2, -0.15) is 15.4 Å². The number of nitrogens with one attached hydrogen (secondary N) is 1. The van der Waals surface area contributed by atoms with Crippen molar-refractivity contribution in [3.05, 3.63) is 87.6 Å². The average Bonchev–Trinajstić information content (AvgIpc) is 3.21. The van der Waals surface area contributed by atoms with E-state index in [2.05, 4.69) is 15.4 Å². The number of benzene rings is 2. The van der Waals surface area contributed by atoms with Crippen LogP contribution in [0, 0.1) is 5.82 Å². The molecule has 5 rings (SSSR count). The Kier molecular flexibility index (Phi) is 3.97. The Labute approximate surface area is 164 Å². The molecule has 2 aromatic heterocycles. The molecule has 0 spiro atoms. The number of aromatic nitrogens is 4. The first kappa shape index (κ1) is 17.3. The van der Waals surface area contributed by atoms with Crippen molar-refractivity contribution in [3.63, 3.8) is 0 Å². The number of amides is 1. The third-order valence-electron chi connectivity index (χ3n) is 5.20. The predicted molar refractivity (Wildman–Crippen MR) is 104 cm³/mol. The van der Waals surface area contributed by atoms with Crippen molar-refractivity contribution in [2.24, 2.45) is 0 Å². The Balaban J connectivity index is 1.46. The van der Waals surface area contributed by atoms with Crippen LogP contribution < -0.4 is 5.56 Å². The molecule has 0 bridgehead atoms. The Bertz CT molecular complexity index is 1290. The zero-order valence-corrected chi connectivity index (χ0v) is 15.3. The van der Waals surface area contributed by atoms with Gasteiger partial charge in [-0.1, -0.05) is 0 Å². The van der Waals surface area contributed by atoms with Gasteiger partial charge in [0.15, 0.2) is 0 Å². The van der Waals surface area contributed by atoms with Crippen molar-refractivity contribution in [1.29, 1.82) is 0 Å². The second-order valence-corrected chi connectivity index (χ2v) is 7.01. The van der Waals surface area contributed by atoms with Crippen LogP contribution in [0.15, 0.2) is 59.5 Å². The van der Waals surface area contributed by atoms with Crippen LogP contribution >= 0.6 is 0 Å². The highest BCUT2D eigenvalue weighted by Gasteiger charge is 2.23. The first-order chi connectivity index (χ1) is 14.1. The molecule has 0 aliphatic carbocycles. The van der Waals surface area contributed by atoms with Crippen molar-refractivity contribution in [2.45, 2.75) is 13.0 Å². The van der Waals surface area contributed by atoms with Gasteiger partial charge < -0.3 is 4.90 Å². The van der Waals surface area contributed by atoms with Crippen LogP contribution in [0.1, 0.15) is 21.5 Å². The number of hydrogen-bond acceptors (Lipinski definition) is 4. The lowest BCUT2D eigenvalue weighted by molar-refractivity contribution is 0.0734. The number of pyridine rings is 1. The lowest BCUT2D eigenvalue weighted by atomic mass is 10.0. The third-order valence-corrected chi connectivity index (χ3v) is 5.20. The van der Waals surface area contributed by atoms with Gasteiger partial charge in [0.05, 0.1) is 0 Å². The monoisotopic (exact) mass is 389 g/mol. The Morgan fingerprint density at radius 1 is 1.00 bits per heavy atom. The molecular formula is C21H16FN5O2. The van der Waals surface area contributed by atoms with E-state index in [4.69, 9.17) is 0 Å². The van der Waals surface area contributed by atoms with E-state index in [0.29, 0.717) is 41.8 Å². The Morgan fingerprint density at radius 3 is 2.62 bits per heavy atom. The van der Waals surface area contributed by atoms with E-state index < -0.39 is 0 Å². The number of aromatic amines is 1. The lowest BCUT2D eigenvalue weighted by Crippen LogP contribution is -2.37. The van der Waals surface area contributed by atoms with E-state index in [1.807, 2.05) is 0 Å². The number of carbonyl (C=O) groups is 1. The quantitative estimate of drug-likeness (QED) is 0.571. The fraction of sp³-hybridized carbons (Fsp3) is 0.143. The van der Waals surface area contributed by atoms with Crippen LogP contribution in [0.3, 0.4) is 0 Å². The topological polar surface area (TPSA) is 83.9 Å². The summed E-state index contributed by atoms with van der Waals surface area (Å²) in [6, 6.07) is 12.6. The van der Waals surface area contributed by atoms with Crippen LogP contribution in [0.4, 0.5) is 4.39 Å². The standard InChI is InChI=1S/C21H16FN5O2/c22-16-2-4-17(5-3-16)27-12-15-11-26(8-7-13(15)10-20(27)28)21(29)14-1-6-18-19(9-14)24-25-23-18/h1-6,9-10,12H,7-8,11H2,(H,23,24,25). The van der Waals surface area contributed by atoms with Gasteiger partial charge in [0, 0.05) is 36.6 Å². The van der Waals surface area contributed by atoms with Crippen molar-refractivity contribution >= 4 is 16.9 Å². The number of halogens is 1. The van der Waals surface area contributed by atoms with Gasteiger partial charge in [-0.05, 0) is 60.0 Å². The highest BCUT2D eigenvalue weighted by Crippen LogP contribution is 2.21. The SMILES string of the molecule is O=C(c1ccc2n[nH]nc2c1)N1CCc2cc(=O)n(-c3ccc(F)cc3)cc2C1. The van der Waals surface area contributed by atoms with Gasteiger partial charge in [-0.3, -0.25) is 14.2 Å². The largest absolute Gasteiger partial charge is 0.334 e. The van der Waals surface area contributed by atoms with Crippen molar-refractivity contribution in [3.8, 4) is 5.69 Å². The van der Waals surface area contributed by atoms with Crippen LogP contribution in [0.25, 0.3) is 16.7 Å². The van der Waals surface area contributed by atoms with E-state index in [9.17, 15) is 14.0 Å². The molecule has 144 valence electrons. The van der Waals surface area contributed by atoms with Gasteiger partial charge in [-0.25, -0.2) is 4.39 Å². The maximum absolute atomic E-state index is 13.2. The molecular weight excluding hydrogens is 373 g/mol. The summed E-state index contributed by atoms with van der Waals surface area (Å²) in [5.41, 5.74) is 4.13. The zero-order chi connectivity index (χ0) is 20.0. The second-order valence-electron chi connectivity index (χ2n) is 7.01. The maximum Gasteiger partial charge on any atom is 0.255 e. The summed E-state index contributed by atoms with van der Waals surface area (Å²) >= 11 is 0. The van der Waals surface area contributed by atoms with E-state index >= 15 is 0 Å². The first-order valence-corrected chi connectivity index (χ1v) is 9.19. The van der Waals surface area contributed by atoms with E-state index in [0.717, 1.165) is 11.1 Å². The number of H-pyrrole nitrogens is 1. The Morgan fingerprint density at radius 2 is 1.79 bits per heavy atom. The number of fused-ring (bicyclic) bond motifs is 2. The van der Waals surface area contributed by atoms with E-state index in [-0.39, 0.29) is 17.3 Å². The molecule has 1 aliphatic heterocycles. The molecule has 0 radical (unpaired) electrons. The third kappa shape index (κ3) is 3.08.